The summed E-state index contributed by atoms with van der Waals surface area (Å²) < 4.78 is 5.81. The molecule has 0 aromatic heterocycles. The molecule has 0 fully saturated rings. The van der Waals surface area contributed by atoms with Crippen LogP contribution in [0.2, 0.25) is 0 Å². The van der Waals surface area contributed by atoms with Crippen LogP contribution < -0.4 is 4.74 Å². The van der Waals surface area contributed by atoms with E-state index in [1.807, 2.05) is 0 Å². The Bertz CT molecular complexity index is 482. The molecule has 0 aliphatic heterocycles. The van der Waals surface area contributed by atoms with Crippen LogP contribution in [-0.2, 0) is 0 Å². The number of hydrogen-bond donors (Lipinski definition) is 0. The van der Waals surface area contributed by atoms with Crippen LogP contribution in [0.4, 0.5) is 0 Å². The average Bonchev–Trinajstić information content (AvgIpc) is 2.38. The van der Waals surface area contributed by atoms with Gasteiger partial charge in [-0.05, 0) is 41.1 Å². The number of carbonyl (C=O) groups excluding carboxylic acids is 1. The first-order valence-corrected chi connectivity index (χ1v) is 6.27. The quantitative estimate of drug-likeness (QED) is 0.859. The first-order chi connectivity index (χ1) is 8.49. The van der Waals surface area contributed by atoms with E-state index < -0.39 is 0 Å². The van der Waals surface area contributed by atoms with E-state index in [0.29, 0.717) is 22.3 Å². The molecule has 0 N–H and O–H groups in total. The van der Waals surface area contributed by atoms with Gasteiger partial charge in [-0.1, -0.05) is 0 Å². The number of halogens is 1. The Morgan fingerprint density at radius 1 is 1.61 bits per heavy atom. The minimum absolute atomic E-state index is 0.136. The molecular formula is C13H15BrN2O2. The second-order valence-corrected chi connectivity index (χ2v) is 4.92. The maximum atomic E-state index is 12.2. The Morgan fingerprint density at radius 2 is 2.28 bits per heavy atom. The molecule has 18 heavy (non-hydrogen) atoms. The zero-order chi connectivity index (χ0) is 13.7. The largest absolute Gasteiger partial charge is 0.497 e. The first kappa shape index (κ1) is 14.5. The summed E-state index contributed by atoms with van der Waals surface area (Å²) in [5, 5.41) is 8.76. The highest BCUT2D eigenvalue weighted by atomic mass is 79.9. The predicted octanol–water partition coefficient (Wildman–Crippen LogP) is 2.69. The zero-order valence-corrected chi connectivity index (χ0v) is 12.2. The molecule has 0 spiro atoms. The summed E-state index contributed by atoms with van der Waals surface area (Å²) in [6.07, 6.45) is 0. The van der Waals surface area contributed by atoms with Gasteiger partial charge in [-0.25, -0.2) is 0 Å². The molecule has 1 amide bonds. The number of hydrogen-bond acceptors (Lipinski definition) is 3. The van der Waals surface area contributed by atoms with Crippen molar-refractivity contribution < 1.29 is 9.53 Å². The molecule has 1 atom stereocenters. The third-order valence-electron chi connectivity index (χ3n) is 2.52. The van der Waals surface area contributed by atoms with Crippen molar-refractivity contribution in [1.29, 1.82) is 5.26 Å². The lowest BCUT2D eigenvalue weighted by atomic mass is 10.1. The van der Waals surface area contributed by atoms with Crippen LogP contribution in [0.5, 0.6) is 5.75 Å². The Kier molecular flexibility index (Phi) is 5.17. The number of methoxy groups -OCH3 is 1. The fourth-order valence-corrected chi connectivity index (χ4v) is 1.95. The molecule has 0 bridgehead atoms. The van der Waals surface area contributed by atoms with Gasteiger partial charge in [0.15, 0.2) is 0 Å². The van der Waals surface area contributed by atoms with E-state index in [1.54, 1.807) is 39.3 Å². The van der Waals surface area contributed by atoms with Crippen molar-refractivity contribution in [1.82, 2.24) is 4.90 Å². The fourth-order valence-electron chi connectivity index (χ4n) is 1.54. The molecule has 0 saturated carbocycles. The molecule has 0 saturated heterocycles. The van der Waals surface area contributed by atoms with Crippen LogP contribution in [0.1, 0.15) is 17.3 Å². The average molecular weight is 311 g/mol. The van der Waals surface area contributed by atoms with Gasteiger partial charge in [0, 0.05) is 18.1 Å². The standard InChI is InChI=1S/C13H15BrN2O2/c1-9(7-15)8-16(2)13(17)11-6-10(18-3)4-5-12(11)14/h4-6,9H,8H2,1-3H3. The van der Waals surface area contributed by atoms with Crippen molar-refractivity contribution in [2.75, 3.05) is 20.7 Å². The van der Waals surface area contributed by atoms with Gasteiger partial charge in [0.2, 0.25) is 0 Å². The molecule has 0 aliphatic carbocycles. The Morgan fingerprint density at radius 3 is 2.83 bits per heavy atom. The Labute approximate surface area is 115 Å². The third-order valence-corrected chi connectivity index (χ3v) is 3.21. The fraction of sp³-hybridized carbons (Fsp3) is 0.385. The second-order valence-electron chi connectivity index (χ2n) is 4.06. The van der Waals surface area contributed by atoms with Crippen LogP contribution in [0, 0.1) is 17.2 Å². The number of nitrogens with zero attached hydrogens (tertiary/aromatic N) is 2. The normalized spacial score (nSPS) is 11.5. The Hall–Kier alpha value is -1.54. The van der Waals surface area contributed by atoms with Crippen LogP contribution >= 0.6 is 15.9 Å². The lowest BCUT2D eigenvalue weighted by molar-refractivity contribution is 0.0784. The van der Waals surface area contributed by atoms with Crippen molar-refractivity contribution in [3.63, 3.8) is 0 Å². The van der Waals surface area contributed by atoms with Crippen molar-refractivity contribution >= 4 is 21.8 Å². The van der Waals surface area contributed by atoms with E-state index in [-0.39, 0.29) is 11.8 Å². The Balaban J connectivity index is 2.93. The topological polar surface area (TPSA) is 53.3 Å². The van der Waals surface area contributed by atoms with E-state index in [2.05, 4.69) is 22.0 Å². The summed E-state index contributed by atoms with van der Waals surface area (Å²) in [4.78, 5) is 13.8. The highest BCUT2D eigenvalue weighted by molar-refractivity contribution is 9.10. The second kappa shape index (κ2) is 6.41. The summed E-state index contributed by atoms with van der Waals surface area (Å²) in [7, 11) is 3.24. The molecule has 96 valence electrons. The lowest BCUT2D eigenvalue weighted by Crippen LogP contribution is -2.30. The number of rotatable bonds is 4. The number of ether oxygens (including phenoxy) is 1. The van der Waals surface area contributed by atoms with Crippen molar-refractivity contribution in [2.45, 2.75) is 6.92 Å². The smallest absolute Gasteiger partial charge is 0.254 e. The van der Waals surface area contributed by atoms with Crippen LogP contribution in [0.3, 0.4) is 0 Å². The molecule has 0 radical (unpaired) electrons. The van der Waals surface area contributed by atoms with Crippen LogP contribution in [-0.4, -0.2) is 31.5 Å². The van der Waals surface area contributed by atoms with Crippen molar-refractivity contribution in [3.05, 3.63) is 28.2 Å². The molecule has 1 aromatic rings. The van der Waals surface area contributed by atoms with Gasteiger partial charge in [0.1, 0.15) is 5.75 Å². The summed E-state index contributed by atoms with van der Waals surface area (Å²) >= 11 is 3.34. The van der Waals surface area contributed by atoms with E-state index in [0.717, 1.165) is 0 Å². The number of benzene rings is 1. The first-order valence-electron chi connectivity index (χ1n) is 5.48. The highest BCUT2D eigenvalue weighted by Crippen LogP contribution is 2.23. The summed E-state index contributed by atoms with van der Waals surface area (Å²) in [6, 6.07) is 7.34. The van der Waals surface area contributed by atoms with Gasteiger partial charge >= 0.3 is 0 Å². The van der Waals surface area contributed by atoms with Crippen LogP contribution in [0.15, 0.2) is 22.7 Å². The van der Waals surface area contributed by atoms with Gasteiger partial charge in [0.25, 0.3) is 5.91 Å². The lowest BCUT2D eigenvalue weighted by Gasteiger charge is -2.19. The molecule has 1 unspecified atom stereocenters. The minimum Gasteiger partial charge on any atom is -0.497 e. The summed E-state index contributed by atoms with van der Waals surface area (Å²) in [6.45, 7) is 2.18. The van der Waals surface area contributed by atoms with Gasteiger partial charge < -0.3 is 9.64 Å². The molecule has 5 heteroatoms. The maximum Gasteiger partial charge on any atom is 0.254 e. The summed E-state index contributed by atoms with van der Waals surface area (Å²) in [5.74, 6) is 0.300. The van der Waals surface area contributed by atoms with E-state index in [9.17, 15) is 4.79 Å². The highest BCUT2D eigenvalue weighted by Gasteiger charge is 2.17. The third kappa shape index (κ3) is 3.47. The number of nitriles is 1. The van der Waals surface area contributed by atoms with Gasteiger partial charge in [-0.2, -0.15) is 5.26 Å². The van der Waals surface area contributed by atoms with Crippen LogP contribution in [0.25, 0.3) is 0 Å². The maximum absolute atomic E-state index is 12.2. The molecule has 0 aliphatic rings. The molecule has 1 aromatic carbocycles. The van der Waals surface area contributed by atoms with E-state index in [1.165, 1.54) is 4.90 Å². The molecule has 1 rings (SSSR count). The number of amides is 1. The van der Waals surface area contributed by atoms with Gasteiger partial charge in [-0.15, -0.1) is 0 Å². The van der Waals surface area contributed by atoms with E-state index >= 15 is 0 Å². The van der Waals surface area contributed by atoms with Gasteiger partial charge in [0.05, 0.1) is 24.7 Å². The zero-order valence-electron chi connectivity index (χ0n) is 10.6. The minimum atomic E-state index is -0.191. The monoisotopic (exact) mass is 310 g/mol. The molecule has 4 nitrogen and oxygen atoms in total. The van der Waals surface area contributed by atoms with Crippen molar-refractivity contribution in [3.8, 4) is 11.8 Å². The van der Waals surface area contributed by atoms with Gasteiger partial charge in [-0.3, -0.25) is 4.79 Å². The molecule has 0 heterocycles. The van der Waals surface area contributed by atoms with Crippen molar-refractivity contribution in [2.24, 2.45) is 5.92 Å². The predicted molar refractivity (Wildman–Crippen MR) is 72.4 cm³/mol. The number of carbonyl (C=O) groups is 1. The SMILES string of the molecule is COc1ccc(Br)c(C(=O)N(C)CC(C)C#N)c1. The van der Waals surface area contributed by atoms with E-state index in [4.69, 9.17) is 10.00 Å². The summed E-state index contributed by atoms with van der Waals surface area (Å²) in [5.41, 5.74) is 0.530. The molecular weight excluding hydrogens is 296 g/mol.